The fourth-order valence-corrected chi connectivity index (χ4v) is 2.37. The van der Waals surface area contributed by atoms with Crippen LogP contribution in [0.1, 0.15) is 18.4 Å². The lowest BCUT2D eigenvalue weighted by atomic mass is 10.2. The third kappa shape index (κ3) is 3.55. The van der Waals surface area contributed by atoms with Gasteiger partial charge in [0.2, 0.25) is 0 Å². The van der Waals surface area contributed by atoms with E-state index >= 15 is 0 Å². The van der Waals surface area contributed by atoms with Crippen LogP contribution >= 0.6 is 0 Å². The van der Waals surface area contributed by atoms with E-state index < -0.39 is 0 Å². The molecule has 1 aromatic carbocycles. The number of nitrogens with zero attached hydrogens (tertiary/aromatic N) is 1. The maximum absolute atomic E-state index is 12.9. The summed E-state index contributed by atoms with van der Waals surface area (Å²) in [7, 11) is 0. The van der Waals surface area contributed by atoms with Crippen LogP contribution in [-0.4, -0.2) is 42.6 Å². The van der Waals surface area contributed by atoms with Crippen LogP contribution in [0.15, 0.2) is 24.3 Å². The second kappa shape index (κ2) is 5.89. The fourth-order valence-electron chi connectivity index (χ4n) is 2.37. The predicted molar refractivity (Wildman–Crippen MR) is 72.6 cm³/mol. The summed E-state index contributed by atoms with van der Waals surface area (Å²) in [6.07, 6.45) is 1.78. The van der Waals surface area contributed by atoms with Crippen LogP contribution in [0.25, 0.3) is 0 Å². The van der Waals surface area contributed by atoms with E-state index in [0.29, 0.717) is 19.2 Å². The predicted octanol–water partition coefficient (Wildman–Crippen LogP) is 1.31. The minimum Gasteiger partial charge on any atom is -0.366 e. The van der Waals surface area contributed by atoms with Crippen molar-refractivity contribution in [2.75, 3.05) is 19.7 Å². The zero-order valence-electron chi connectivity index (χ0n) is 11.3. The number of nitrogens with one attached hydrogen (secondary N) is 1. The van der Waals surface area contributed by atoms with Gasteiger partial charge in [-0.3, -0.25) is 9.69 Å². The first-order valence-electron chi connectivity index (χ1n) is 7.09. The number of morpholine rings is 1. The van der Waals surface area contributed by atoms with E-state index in [2.05, 4.69) is 10.2 Å². The van der Waals surface area contributed by atoms with Gasteiger partial charge in [-0.25, -0.2) is 4.39 Å². The first-order valence-corrected chi connectivity index (χ1v) is 7.09. The first-order chi connectivity index (χ1) is 9.70. The van der Waals surface area contributed by atoms with Crippen LogP contribution in [0.3, 0.4) is 0 Å². The Labute approximate surface area is 117 Å². The van der Waals surface area contributed by atoms with E-state index in [1.54, 1.807) is 12.1 Å². The molecule has 0 aromatic heterocycles. The van der Waals surface area contributed by atoms with Gasteiger partial charge in [-0.1, -0.05) is 12.1 Å². The molecule has 0 bridgehead atoms. The summed E-state index contributed by atoms with van der Waals surface area (Å²) in [5.74, 6) is -0.228. The Kier molecular flexibility index (Phi) is 3.98. The van der Waals surface area contributed by atoms with Crippen molar-refractivity contribution in [1.29, 1.82) is 0 Å². The van der Waals surface area contributed by atoms with Gasteiger partial charge in [-0.15, -0.1) is 0 Å². The number of benzene rings is 1. The number of hydrogen-bond acceptors (Lipinski definition) is 3. The van der Waals surface area contributed by atoms with Crippen molar-refractivity contribution in [2.45, 2.75) is 31.5 Å². The summed E-state index contributed by atoms with van der Waals surface area (Å²) >= 11 is 0. The van der Waals surface area contributed by atoms with Gasteiger partial charge in [-0.2, -0.15) is 0 Å². The number of ether oxygens (including phenoxy) is 1. The lowest BCUT2D eigenvalue weighted by molar-refractivity contribution is -0.138. The molecule has 5 heteroatoms. The van der Waals surface area contributed by atoms with Crippen molar-refractivity contribution in [2.24, 2.45) is 0 Å². The van der Waals surface area contributed by atoms with Gasteiger partial charge in [0.15, 0.2) is 0 Å². The molecule has 2 aliphatic rings. The van der Waals surface area contributed by atoms with E-state index in [-0.39, 0.29) is 17.8 Å². The Morgan fingerprint density at radius 2 is 2.10 bits per heavy atom. The molecule has 1 heterocycles. The summed E-state index contributed by atoms with van der Waals surface area (Å²) < 4.78 is 18.4. The summed E-state index contributed by atoms with van der Waals surface area (Å²) in [4.78, 5) is 14.2. The summed E-state index contributed by atoms with van der Waals surface area (Å²) in [5.41, 5.74) is 1.05. The highest BCUT2D eigenvalue weighted by Crippen LogP contribution is 2.19. The summed E-state index contributed by atoms with van der Waals surface area (Å²) in [6, 6.07) is 6.85. The van der Waals surface area contributed by atoms with Crippen molar-refractivity contribution in [3.63, 3.8) is 0 Å². The highest BCUT2D eigenvalue weighted by molar-refractivity contribution is 5.81. The van der Waals surface area contributed by atoms with E-state index in [1.807, 2.05) is 0 Å². The van der Waals surface area contributed by atoms with Crippen LogP contribution < -0.4 is 5.32 Å². The number of carbonyl (C=O) groups excluding carboxylic acids is 1. The Morgan fingerprint density at radius 3 is 2.80 bits per heavy atom. The maximum Gasteiger partial charge on any atom is 0.250 e. The van der Waals surface area contributed by atoms with E-state index in [0.717, 1.165) is 31.5 Å². The molecule has 3 rings (SSSR count). The Morgan fingerprint density at radius 1 is 1.35 bits per heavy atom. The van der Waals surface area contributed by atoms with Gasteiger partial charge >= 0.3 is 0 Å². The second-order valence-electron chi connectivity index (χ2n) is 5.50. The molecule has 1 unspecified atom stereocenters. The minimum atomic E-state index is -0.384. The zero-order chi connectivity index (χ0) is 13.9. The van der Waals surface area contributed by atoms with Gasteiger partial charge in [0.1, 0.15) is 11.9 Å². The highest BCUT2D eigenvalue weighted by Gasteiger charge is 2.31. The van der Waals surface area contributed by atoms with Crippen molar-refractivity contribution in [1.82, 2.24) is 10.2 Å². The van der Waals surface area contributed by atoms with Crippen LogP contribution in [0.5, 0.6) is 0 Å². The van der Waals surface area contributed by atoms with Gasteiger partial charge in [0, 0.05) is 25.7 Å². The zero-order valence-corrected chi connectivity index (χ0v) is 11.3. The molecule has 1 aliphatic heterocycles. The summed E-state index contributed by atoms with van der Waals surface area (Å²) in [5, 5.41) is 2.98. The SMILES string of the molecule is O=C(NC1CC1)C1CN(Cc2ccc(F)cc2)CCO1. The molecule has 1 saturated carbocycles. The molecule has 20 heavy (non-hydrogen) atoms. The first kappa shape index (κ1) is 13.5. The monoisotopic (exact) mass is 278 g/mol. The van der Waals surface area contributed by atoms with Crippen LogP contribution in [0.2, 0.25) is 0 Å². The second-order valence-corrected chi connectivity index (χ2v) is 5.50. The standard InChI is InChI=1S/C15H19FN2O2/c16-12-3-1-11(2-4-12)9-18-7-8-20-14(10-18)15(19)17-13-5-6-13/h1-4,13-14H,5-10H2,(H,17,19). The molecule has 1 amide bonds. The van der Waals surface area contributed by atoms with Crippen LogP contribution in [0, 0.1) is 5.82 Å². The molecule has 1 aromatic rings. The molecule has 2 fully saturated rings. The molecule has 1 saturated heterocycles. The number of rotatable bonds is 4. The van der Waals surface area contributed by atoms with Gasteiger partial charge in [-0.05, 0) is 30.5 Å². The van der Waals surface area contributed by atoms with E-state index in [9.17, 15) is 9.18 Å². The van der Waals surface area contributed by atoms with Crippen LogP contribution in [-0.2, 0) is 16.1 Å². The van der Waals surface area contributed by atoms with Gasteiger partial charge in [0.05, 0.1) is 6.61 Å². The van der Waals surface area contributed by atoms with Crippen molar-refractivity contribution < 1.29 is 13.9 Å². The molecule has 4 nitrogen and oxygen atoms in total. The molecule has 0 radical (unpaired) electrons. The maximum atomic E-state index is 12.9. The molecule has 0 spiro atoms. The third-order valence-corrected chi connectivity index (χ3v) is 3.69. The smallest absolute Gasteiger partial charge is 0.250 e. The van der Waals surface area contributed by atoms with Crippen molar-refractivity contribution in [3.05, 3.63) is 35.6 Å². The Hall–Kier alpha value is -1.46. The largest absolute Gasteiger partial charge is 0.366 e. The van der Waals surface area contributed by atoms with E-state index in [4.69, 9.17) is 4.74 Å². The third-order valence-electron chi connectivity index (χ3n) is 3.69. The van der Waals surface area contributed by atoms with Crippen LogP contribution in [0.4, 0.5) is 4.39 Å². The Balaban J connectivity index is 1.54. The normalized spacial score (nSPS) is 23.6. The van der Waals surface area contributed by atoms with Crippen molar-refractivity contribution >= 4 is 5.91 Å². The topological polar surface area (TPSA) is 41.6 Å². The van der Waals surface area contributed by atoms with Crippen molar-refractivity contribution in [3.8, 4) is 0 Å². The summed E-state index contributed by atoms with van der Waals surface area (Å²) in [6.45, 7) is 2.67. The number of hydrogen-bond donors (Lipinski definition) is 1. The molecule has 1 aliphatic carbocycles. The van der Waals surface area contributed by atoms with Gasteiger partial charge in [0.25, 0.3) is 5.91 Å². The number of amides is 1. The van der Waals surface area contributed by atoms with E-state index in [1.165, 1.54) is 12.1 Å². The number of halogens is 1. The molecular formula is C15H19FN2O2. The molecule has 108 valence electrons. The minimum absolute atomic E-state index is 0.00342. The highest BCUT2D eigenvalue weighted by atomic mass is 19.1. The molecule has 1 N–H and O–H groups in total. The number of carbonyl (C=O) groups is 1. The average molecular weight is 278 g/mol. The quantitative estimate of drug-likeness (QED) is 0.903. The average Bonchev–Trinajstić information content (AvgIpc) is 3.26. The fraction of sp³-hybridized carbons (Fsp3) is 0.533. The molecular weight excluding hydrogens is 259 g/mol. The lowest BCUT2D eigenvalue weighted by Gasteiger charge is -2.32. The Bertz CT molecular complexity index is 473. The van der Waals surface area contributed by atoms with Gasteiger partial charge < -0.3 is 10.1 Å². The lowest BCUT2D eigenvalue weighted by Crippen LogP contribution is -2.49. The molecule has 1 atom stereocenters.